The monoisotopic (exact) mass is 261 g/mol. The first kappa shape index (κ1) is 14.1. The van der Waals surface area contributed by atoms with Crippen molar-refractivity contribution in [3.8, 4) is 0 Å². The van der Waals surface area contributed by atoms with Gasteiger partial charge in [0.2, 0.25) is 5.91 Å². The second kappa shape index (κ2) is 6.20. The first-order valence-corrected chi connectivity index (χ1v) is 7.06. The van der Waals surface area contributed by atoms with Crippen molar-refractivity contribution in [2.24, 2.45) is 0 Å². The number of aryl methyl sites for hydroxylation is 1. The van der Waals surface area contributed by atoms with E-state index in [0.29, 0.717) is 18.6 Å². The summed E-state index contributed by atoms with van der Waals surface area (Å²) in [6.45, 7) is 7.80. The van der Waals surface area contributed by atoms with Crippen molar-refractivity contribution < 1.29 is 9.53 Å². The zero-order valence-corrected chi connectivity index (χ0v) is 12.1. The summed E-state index contributed by atoms with van der Waals surface area (Å²) in [6.07, 6.45) is 1.04. The van der Waals surface area contributed by atoms with Crippen LogP contribution in [0.4, 0.5) is 0 Å². The molecule has 1 aromatic carbocycles. The molecular weight excluding hydrogens is 238 g/mol. The van der Waals surface area contributed by atoms with E-state index in [1.807, 2.05) is 11.8 Å². The highest BCUT2D eigenvalue weighted by Crippen LogP contribution is 2.33. The Bertz CT molecular complexity index is 444. The van der Waals surface area contributed by atoms with Gasteiger partial charge >= 0.3 is 0 Å². The molecule has 0 N–H and O–H groups in total. The lowest BCUT2D eigenvalue weighted by Crippen LogP contribution is -2.36. The quantitative estimate of drug-likeness (QED) is 0.834. The minimum absolute atomic E-state index is 0.116. The van der Waals surface area contributed by atoms with Crippen molar-refractivity contribution in [1.82, 2.24) is 4.90 Å². The fourth-order valence-corrected chi connectivity index (χ4v) is 2.92. The molecule has 1 heterocycles. The van der Waals surface area contributed by atoms with E-state index in [-0.39, 0.29) is 12.5 Å². The topological polar surface area (TPSA) is 29.5 Å². The highest BCUT2D eigenvalue weighted by Gasteiger charge is 2.33. The molecule has 0 aromatic heterocycles. The lowest BCUT2D eigenvalue weighted by atomic mass is 9.93. The van der Waals surface area contributed by atoms with Gasteiger partial charge in [0.25, 0.3) is 0 Å². The van der Waals surface area contributed by atoms with E-state index in [1.165, 1.54) is 11.1 Å². The SMILES string of the molecule is CCOCC(=O)N1CC(c2ccccc2C)CC1C. The van der Waals surface area contributed by atoms with Crippen LogP contribution in [0.25, 0.3) is 0 Å². The summed E-state index contributed by atoms with van der Waals surface area (Å²) in [6, 6.07) is 8.78. The molecule has 19 heavy (non-hydrogen) atoms. The number of hydrogen-bond donors (Lipinski definition) is 0. The highest BCUT2D eigenvalue weighted by atomic mass is 16.5. The number of likely N-dealkylation sites (tertiary alicyclic amines) is 1. The molecule has 2 unspecified atom stereocenters. The van der Waals surface area contributed by atoms with E-state index in [1.54, 1.807) is 0 Å². The molecule has 1 aliphatic heterocycles. The van der Waals surface area contributed by atoms with Gasteiger partial charge in [0.1, 0.15) is 6.61 Å². The Morgan fingerprint density at radius 2 is 2.16 bits per heavy atom. The summed E-state index contributed by atoms with van der Waals surface area (Å²) in [5.74, 6) is 0.576. The van der Waals surface area contributed by atoms with E-state index in [2.05, 4.69) is 38.1 Å². The van der Waals surface area contributed by atoms with E-state index in [4.69, 9.17) is 4.74 Å². The van der Waals surface area contributed by atoms with Crippen molar-refractivity contribution in [3.05, 3.63) is 35.4 Å². The molecule has 0 bridgehead atoms. The standard InChI is InChI=1S/C16H23NO2/c1-4-19-11-16(18)17-10-14(9-13(17)3)15-8-6-5-7-12(15)2/h5-8,13-14H,4,9-11H2,1-3H3. The number of ether oxygens (including phenoxy) is 1. The first-order valence-electron chi connectivity index (χ1n) is 7.06. The zero-order chi connectivity index (χ0) is 13.8. The van der Waals surface area contributed by atoms with Crippen molar-refractivity contribution in [1.29, 1.82) is 0 Å². The number of rotatable bonds is 4. The van der Waals surface area contributed by atoms with Gasteiger partial charge in [0.05, 0.1) is 0 Å². The maximum absolute atomic E-state index is 12.1. The average molecular weight is 261 g/mol. The smallest absolute Gasteiger partial charge is 0.248 e. The van der Waals surface area contributed by atoms with Gasteiger partial charge < -0.3 is 9.64 Å². The molecule has 1 aliphatic rings. The normalized spacial score (nSPS) is 22.8. The van der Waals surface area contributed by atoms with Crippen LogP contribution in [-0.2, 0) is 9.53 Å². The maximum atomic E-state index is 12.1. The van der Waals surface area contributed by atoms with Crippen molar-refractivity contribution in [3.63, 3.8) is 0 Å². The maximum Gasteiger partial charge on any atom is 0.248 e. The second-order valence-electron chi connectivity index (χ2n) is 5.32. The molecule has 3 nitrogen and oxygen atoms in total. The third-order valence-corrected chi connectivity index (χ3v) is 3.95. The summed E-state index contributed by atoms with van der Waals surface area (Å²) >= 11 is 0. The van der Waals surface area contributed by atoms with E-state index >= 15 is 0 Å². The van der Waals surface area contributed by atoms with Gasteiger partial charge in [-0.3, -0.25) is 4.79 Å². The zero-order valence-electron chi connectivity index (χ0n) is 12.1. The minimum atomic E-state index is 0.116. The molecule has 3 heteroatoms. The number of nitrogens with zero attached hydrogens (tertiary/aromatic N) is 1. The number of amides is 1. The fourth-order valence-electron chi connectivity index (χ4n) is 2.92. The highest BCUT2D eigenvalue weighted by molar-refractivity contribution is 5.78. The molecule has 0 spiro atoms. The first-order chi connectivity index (χ1) is 9.13. The third kappa shape index (κ3) is 3.16. The van der Waals surface area contributed by atoms with Crippen LogP contribution in [0.15, 0.2) is 24.3 Å². The Morgan fingerprint density at radius 3 is 2.84 bits per heavy atom. The van der Waals surface area contributed by atoms with Crippen LogP contribution in [0.5, 0.6) is 0 Å². The molecule has 0 aliphatic carbocycles. The molecule has 1 saturated heterocycles. The van der Waals surface area contributed by atoms with Gasteiger partial charge in [-0.15, -0.1) is 0 Å². The number of carbonyl (C=O) groups excluding carboxylic acids is 1. The Hall–Kier alpha value is -1.35. The van der Waals surface area contributed by atoms with E-state index in [9.17, 15) is 4.79 Å². The predicted molar refractivity (Wildman–Crippen MR) is 76.2 cm³/mol. The number of carbonyl (C=O) groups is 1. The van der Waals surface area contributed by atoms with Crippen molar-refractivity contribution in [2.75, 3.05) is 19.8 Å². The van der Waals surface area contributed by atoms with Crippen LogP contribution < -0.4 is 0 Å². The van der Waals surface area contributed by atoms with Crippen LogP contribution in [0, 0.1) is 6.92 Å². The molecular formula is C16H23NO2. The van der Waals surface area contributed by atoms with Gasteiger partial charge in [-0.05, 0) is 38.3 Å². The van der Waals surface area contributed by atoms with Gasteiger partial charge in [0, 0.05) is 25.1 Å². The van der Waals surface area contributed by atoms with Crippen LogP contribution in [-0.4, -0.2) is 36.6 Å². The van der Waals surface area contributed by atoms with Crippen LogP contribution >= 0.6 is 0 Å². The lowest BCUT2D eigenvalue weighted by molar-refractivity contribution is -0.136. The number of hydrogen-bond acceptors (Lipinski definition) is 2. The Kier molecular flexibility index (Phi) is 4.59. The molecule has 1 fully saturated rings. The average Bonchev–Trinajstić information content (AvgIpc) is 2.78. The van der Waals surface area contributed by atoms with Gasteiger partial charge in [-0.1, -0.05) is 24.3 Å². The molecule has 104 valence electrons. The molecule has 2 rings (SSSR count). The largest absolute Gasteiger partial charge is 0.372 e. The van der Waals surface area contributed by atoms with Crippen LogP contribution in [0.1, 0.15) is 37.3 Å². The van der Waals surface area contributed by atoms with Crippen LogP contribution in [0.3, 0.4) is 0 Å². The predicted octanol–water partition coefficient (Wildman–Crippen LogP) is 2.74. The van der Waals surface area contributed by atoms with Gasteiger partial charge in [-0.25, -0.2) is 0 Å². The summed E-state index contributed by atoms with van der Waals surface area (Å²) in [4.78, 5) is 14.0. The van der Waals surface area contributed by atoms with E-state index in [0.717, 1.165) is 13.0 Å². The van der Waals surface area contributed by atoms with Gasteiger partial charge in [0.15, 0.2) is 0 Å². The van der Waals surface area contributed by atoms with Crippen molar-refractivity contribution in [2.45, 2.75) is 39.2 Å². The molecule has 0 radical (unpaired) electrons. The summed E-state index contributed by atoms with van der Waals surface area (Å²) < 4.78 is 5.23. The third-order valence-electron chi connectivity index (χ3n) is 3.95. The molecule has 1 aromatic rings. The number of benzene rings is 1. The van der Waals surface area contributed by atoms with E-state index < -0.39 is 0 Å². The summed E-state index contributed by atoms with van der Waals surface area (Å²) in [5.41, 5.74) is 2.69. The Morgan fingerprint density at radius 1 is 1.42 bits per heavy atom. The summed E-state index contributed by atoms with van der Waals surface area (Å²) in [5, 5.41) is 0. The summed E-state index contributed by atoms with van der Waals surface area (Å²) in [7, 11) is 0. The van der Waals surface area contributed by atoms with Crippen molar-refractivity contribution >= 4 is 5.91 Å². The van der Waals surface area contributed by atoms with Gasteiger partial charge in [-0.2, -0.15) is 0 Å². The molecule has 0 saturated carbocycles. The molecule has 2 atom stereocenters. The Balaban J connectivity index is 2.05. The fraction of sp³-hybridized carbons (Fsp3) is 0.562. The van der Waals surface area contributed by atoms with Crippen LogP contribution in [0.2, 0.25) is 0 Å². The lowest BCUT2D eigenvalue weighted by Gasteiger charge is -2.21. The Labute approximate surface area is 115 Å². The minimum Gasteiger partial charge on any atom is -0.372 e. The second-order valence-corrected chi connectivity index (χ2v) is 5.32. The molecule has 1 amide bonds.